The van der Waals surface area contributed by atoms with E-state index in [1.54, 1.807) is 56.3 Å². The zero-order valence-corrected chi connectivity index (χ0v) is 20.8. The fourth-order valence-electron chi connectivity index (χ4n) is 2.97. The van der Waals surface area contributed by atoms with Gasteiger partial charge in [-0.2, -0.15) is 11.8 Å². The molecular weight excluding hydrogens is 456 g/mol. The number of aromatic nitrogens is 2. The van der Waals surface area contributed by atoms with Gasteiger partial charge in [-0.3, -0.25) is 9.78 Å². The number of amides is 2. The molecule has 2 N–H and O–H groups in total. The van der Waals surface area contributed by atoms with Gasteiger partial charge >= 0.3 is 6.09 Å². The Bertz CT molecular complexity index is 1080. The van der Waals surface area contributed by atoms with Gasteiger partial charge in [0.15, 0.2) is 0 Å². The fourth-order valence-corrected chi connectivity index (χ4v) is 4.26. The minimum atomic E-state index is -0.701. The van der Waals surface area contributed by atoms with Crippen molar-refractivity contribution in [3.8, 4) is 21.8 Å². The van der Waals surface area contributed by atoms with E-state index in [2.05, 4.69) is 15.6 Å². The molecule has 0 aliphatic heterocycles. The lowest BCUT2D eigenvalue weighted by Gasteiger charge is -2.23. The van der Waals surface area contributed by atoms with Crippen molar-refractivity contribution in [3.63, 3.8) is 0 Å². The van der Waals surface area contributed by atoms with Crippen LogP contribution < -0.4 is 10.6 Å². The van der Waals surface area contributed by atoms with E-state index < -0.39 is 17.7 Å². The first-order chi connectivity index (χ1) is 15.7. The normalized spacial score (nSPS) is 12.1. The van der Waals surface area contributed by atoms with Crippen LogP contribution in [0.3, 0.4) is 0 Å². The van der Waals surface area contributed by atoms with Gasteiger partial charge in [0, 0.05) is 34.6 Å². The van der Waals surface area contributed by atoms with Crippen molar-refractivity contribution in [2.24, 2.45) is 0 Å². The van der Waals surface area contributed by atoms with Crippen LogP contribution in [0, 0.1) is 0 Å². The Morgan fingerprint density at radius 1 is 1.18 bits per heavy atom. The van der Waals surface area contributed by atoms with Crippen molar-refractivity contribution >= 4 is 40.8 Å². The van der Waals surface area contributed by atoms with E-state index >= 15 is 0 Å². The van der Waals surface area contributed by atoms with Crippen LogP contribution in [0.15, 0.2) is 54.2 Å². The summed E-state index contributed by atoms with van der Waals surface area (Å²) in [6.07, 6.45) is 5.36. The predicted molar refractivity (Wildman–Crippen MR) is 136 cm³/mol. The molecule has 3 aromatic rings. The van der Waals surface area contributed by atoms with Crippen LogP contribution >= 0.6 is 23.1 Å². The number of thioether (sulfide) groups is 1. The minimum absolute atomic E-state index is 0.290. The van der Waals surface area contributed by atoms with Crippen LogP contribution in [-0.2, 0) is 9.53 Å². The molecule has 0 aliphatic rings. The van der Waals surface area contributed by atoms with Crippen LogP contribution in [0.4, 0.5) is 10.5 Å². The number of anilines is 1. The number of hydrogen-bond acceptors (Lipinski definition) is 7. The SMILES string of the molecule is CSCCC(NC(=O)OC(C)(C)C)C(=O)Nc1cccc(-c2csc(-c3cccnc3)n2)c1. The van der Waals surface area contributed by atoms with E-state index in [0.29, 0.717) is 12.1 Å². The summed E-state index contributed by atoms with van der Waals surface area (Å²) >= 11 is 3.15. The van der Waals surface area contributed by atoms with Crippen LogP contribution in [0.1, 0.15) is 27.2 Å². The number of carbonyl (C=O) groups is 2. The molecule has 0 saturated carbocycles. The molecule has 3 rings (SSSR count). The number of pyridine rings is 1. The fraction of sp³-hybridized carbons (Fsp3) is 0.333. The second-order valence-electron chi connectivity index (χ2n) is 8.33. The molecule has 174 valence electrons. The number of benzene rings is 1. The molecule has 0 radical (unpaired) electrons. The first-order valence-electron chi connectivity index (χ1n) is 10.5. The lowest BCUT2D eigenvalue weighted by atomic mass is 10.1. The number of alkyl carbamates (subject to hydrolysis) is 1. The highest BCUT2D eigenvalue weighted by atomic mass is 32.2. The molecule has 0 saturated heterocycles. The van der Waals surface area contributed by atoms with Crippen molar-refractivity contribution < 1.29 is 14.3 Å². The molecule has 7 nitrogen and oxygen atoms in total. The van der Waals surface area contributed by atoms with Gasteiger partial charge in [-0.25, -0.2) is 9.78 Å². The average molecular weight is 485 g/mol. The highest BCUT2D eigenvalue weighted by Crippen LogP contribution is 2.29. The van der Waals surface area contributed by atoms with Crippen LogP contribution in [0.2, 0.25) is 0 Å². The Labute approximate surface area is 202 Å². The first kappa shape index (κ1) is 24.7. The van der Waals surface area contributed by atoms with E-state index in [1.165, 1.54) is 0 Å². The molecule has 2 amide bonds. The number of carbonyl (C=O) groups excluding carboxylic acids is 2. The molecule has 9 heteroatoms. The number of nitrogens with zero attached hydrogens (tertiary/aromatic N) is 2. The summed E-state index contributed by atoms with van der Waals surface area (Å²) in [4.78, 5) is 34.0. The third-order valence-electron chi connectivity index (χ3n) is 4.46. The first-order valence-corrected chi connectivity index (χ1v) is 12.8. The maximum absolute atomic E-state index is 12.9. The summed E-state index contributed by atoms with van der Waals surface area (Å²) in [5.74, 6) is 0.436. The third kappa shape index (κ3) is 7.57. The van der Waals surface area contributed by atoms with Gasteiger partial charge in [0.1, 0.15) is 16.7 Å². The van der Waals surface area contributed by atoms with Gasteiger partial charge in [0.2, 0.25) is 5.91 Å². The Hall–Kier alpha value is -2.91. The Balaban J connectivity index is 1.71. The molecule has 1 atom stereocenters. The van der Waals surface area contributed by atoms with Crippen LogP contribution in [-0.4, -0.2) is 45.6 Å². The summed E-state index contributed by atoms with van der Waals surface area (Å²) in [6.45, 7) is 5.35. The third-order valence-corrected chi connectivity index (χ3v) is 5.99. The van der Waals surface area contributed by atoms with Gasteiger partial charge in [-0.05, 0) is 63.5 Å². The lowest BCUT2D eigenvalue weighted by Crippen LogP contribution is -2.46. The zero-order valence-electron chi connectivity index (χ0n) is 19.1. The predicted octanol–water partition coefficient (Wildman–Crippen LogP) is 5.46. The largest absolute Gasteiger partial charge is 0.444 e. The van der Waals surface area contributed by atoms with E-state index in [0.717, 1.165) is 27.6 Å². The average Bonchev–Trinajstić information content (AvgIpc) is 3.26. The van der Waals surface area contributed by atoms with E-state index in [4.69, 9.17) is 9.72 Å². The van der Waals surface area contributed by atoms with Gasteiger partial charge in [-0.1, -0.05) is 12.1 Å². The van der Waals surface area contributed by atoms with E-state index in [1.807, 2.05) is 48.0 Å². The second kappa shape index (κ2) is 11.3. The highest BCUT2D eigenvalue weighted by molar-refractivity contribution is 7.98. The number of ether oxygens (including phenoxy) is 1. The van der Waals surface area contributed by atoms with Crippen molar-refractivity contribution in [2.75, 3.05) is 17.3 Å². The molecule has 0 fully saturated rings. The molecule has 0 aliphatic carbocycles. The standard InChI is InChI=1S/C24H28N4O3S2/c1-24(2,3)31-23(30)28-19(10-12-32-4)21(29)26-18-9-5-7-16(13-18)20-15-33-22(27-20)17-8-6-11-25-14-17/h5-9,11,13-15,19H,10,12H2,1-4H3,(H,26,29)(H,28,30). The quantitative estimate of drug-likeness (QED) is 0.441. The van der Waals surface area contributed by atoms with Gasteiger partial charge in [-0.15, -0.1) is 11.3 Å². The number of nitrogens with one attached hydrogen (secondary N) is 2. The monoisotopic (exact) mass is 484 g/mol. The van der Waals surface area contributed by atoms with Gasteiger partial charge < -0.3 is 15.4 Å². The molecule has 0 spiro atoms. The maximum atomic E-state index is 12.9. The zero-order chi connectivity index (χ0) is 23.8. The van der Waals surface area contributed by atoms with E-state index in [-0.39, 0.29) is 5.91 Å². The molecular formula is C24H28N4O3S2. The second-order valence-corrected chi connectivity index (χ2v) is 10.2. The van der Waals surface area contributed by atoms with Crippen LogP contribution in [0.25, 0.3) is 21.8 Å². The molecule has 33 heavy (non-hydrogen) atoms. The highest BCUT2D eigenvalue weighted by Gasteiger charge is 2.24. The summed E-state index contributed by atoms with van der Waals surface area (Å²) in [5.41, 5.74) is 2.67. The van der Waals surface area contributed by atoms with Gasteiger partial charge in [0.05, 0.1) is 5.69 Å². The lowest BCUT2D eigenvalue weighted by molar-refractivity contribution is -0.118. The van der Waals surface area contributed by atoms with Crippen LogP contribution in [0.5, 0.6) is 0 Å². The topological polar surface area (TPSA) is 93.2 Å². The van der Waals surface area contributed by atoms with Crippen molar-refractivity contribution in [2.45, 2.75) is 38.8 Å². The van der Waals surface area contributed by atoms with Crippen molar-refractivity contribution in [1.29, 1.82) is 0 Å². The Morgan fingerprint density at radius 2 is 1.97 bits per heavy atom. The summed E-state index contributed by atoms with van der Waals surface area (Å²) in [5, 5.41) is 8.47. The Kier molecular flexibility index (Phi) is 8.46. The number of hydrogen-bond donors (Lipinski definition) is 2. The number of rotatable bonds is 8. The molecule has 2 aromatic heterocycles. The summed E-state index contributed by atoms with van der Waals surface area (Å²) in [7, 11) is 0. The van der Waals surface area contributed by atoms with Gasteiger partial charge in [0.25, 0.3) is 0 Å². The smallest absolute Gasteiger partial charge is 0.408 e. The number of thiazole rings is 1. The summed E-state index contributed by atoms with van der Waals surface area (Å²) in [6, 6.07) is 10.7. The molecule has 1 aromatic carbocycles. The van der Waals surface area contributed by atoms with E-state index in [9.17, 15) is 9.59 Å². The van der Waals surface area contributed by atoms with Crippen molar-refractivity contribution in [1.82, 2.24) is 15.3 Å². The molecule has 2 heterocycles. The minimum Gasteiger partial charge on any atom is -0.444 e. The Morgan fingerprint density at radius 3 is 2.67 bits per heavy atom. The van der Waals surface area contributed by atoms with Crippen molar-refractivity contribution in [3.05, 3.63) is 54.2 Å². The summed E-state index contributed by atoms with van der Waals surface area (Å²) < 4.78 is 5.32. The molecule has 0 bridgehead atoms. The maximum Gasteiger partial charge on any atom is 0.408 e. The molecule has 1 unspecified atom stereocenters.